The Morgan fingerprint density at radius 3 is 2.42 bits per heavy atom. The van der Waals surface area contributed by atoms with Crippen LogP contribution in [-0.2, 0) is 0 Å². The lowest BCUT2D eigenvalue weighted by Crippen LogP contribution is -2.00. The van der Waals surface area contributed by atoms with Gasteiger partial charge < -0.3 is 5.73 Å². The molecule has 0 spiro atoms. The first-order valence-electron chi connectivity index (χ1n) is 3.94. The standard InChI is InChI=1S/C11H13N/c1-3-10(8-12)11-6-4-9(2)5-7-11/h4-7H,1,8,12H2,2H3. The molecule has 0 bridgehead atoms. The summed E-state index contributed by atoms with van der Waals surface area (Å²) in [5.41, 5.74) is 11.7. The molecule has 0 aromatic heterocycles. The SMILES string of the molecule is C=C=C(CN)c1ccc(C)cc1. The van der Waals surface area contributed by atoms with E-state index >= 15 is 0 Å². The molecular weight excluding hydrogens is 146 g/mol. The average molecular weight is 159 g/mol. The minimum atomic E-state index is 0.493. The first-order chi connectivity index (χ1) is 5.77. The number of aryl methyl sites for hydroxylation is 1. The van der Waals surface area contributed by atoms with E-state index in [1.807, 2.05) is 12.1 Å². The number of hydrogen-bond donors (Lipinski definition) is 1. The van der Waals surface area contributed by atoms with Crippen LogP contribution in [-0.4, -0.2) is 6.54 Å². The van der Waals surface area contributed by atoms with E-state index in [1.54, 1.807) is 0 Å². The van der Waals surface area contributed by atoms with Crippen LogP contribution >= 0.6 is 0 Å². The van der Waals surface area contributed by atoms with E-state index in [-0.39, 0.29) is 0 Å². The second-order valence-electron chi connectivity index (χ2n) is 2.73. The number of benzene rings is 1. The Hall–Kier alpha value is -1.30. The van der Waals surface area contributed by atoms with Crippen molar-refractivity contribution in [1.82, 2.24) is 0 Å². The summed E-state index contributed by atoms with van der Waals surface area (Å²) in [5.74, 6) is 0. The van der Waals surface area contributed by atoms with Crippen LogP contribution in [0.3, 0.4) is 0 Å². The minimum Gasteiger partial charge on any atom is -0.326 e. The zero-order valence-corrected chi connectivity index (χ0v) is 7.30. The molecule has 0 radical (unpaired) electrons. The van der Waals surface area contributed by atoms with Gasteiger partial charge in [-0.05, 0) is 12.5 Å². The van der Waals surface area contributed by atoms with Gasteiger partial charge in [-0.25, -0.2) is 0 Å². The summed E-state index contributed by atoms with van der Waals surface area (Å²) in [7, 11) is 0. The van der Waals surface area contributed by atoms with Gasteiger partial charge in [0, 0.05) is 12.1 Å². The Labute approximate surface area is 73.2 Å². The maximum absolute atomic E-state index is 5.51. The smallest absolute Gasteiger partial charge is 0.0258 e. The summed E-state index contributed by atoms with van der Waals surface area (Å²) in [5, 5.41) is 0. The Balaban J connectivity index is 3.04. The van der Waals surface area contributed by atoms with Crippen molar-refractivity contribution in [3.05, 3.63) is 47.7 Å². The van der Waals surface area contributed by atoms with Crippen LogP contribution in [0.5, 0.6) is 0 Å². The number of nitrogens with two attached hydrogens (primary N) is 1. The molecule has 1 rings (SSSR count). The maximum atomic E-state index is 5.51. The monoisotopic (exact) mass is 159 g/mol. The maximum Gasteiger partial charge on any atom is 0.0258 e. The van der Waals surface area contributed by atoms with Crippen LogP contribution in [0.4, 0.5) is 0 Å². The van der Waals surface area contributed by atoms with Crippen molar-refractivity contribution < 1.29 is 0 Å². The summed E-state index contributed by atoms with van der Waals surface area (Å²) in [6.45, 7) is 6.14. The Kier molecular flexibility index (Phi) is 2.87. The van der Waals surface area contributed by atoms with Crippen molar-refractivity contribution in [3.63, 3.8) is 0 Å². The molecule has 0 amide bonds. The fourth-order valence-electron chi connectivity index (χ4n) is 1.05. The molecule has 2 N–H and O–H groups in total. The predicted molar refractivity (Wildman–Crippen MR) is 52.8 cm³/mol. The van der Waals surface area contributed by atoms with Crippen LogP contribution in [0.1, 0.15) is 11.1 Å². The van der Waals surface area contributed by atoms with Crippen LogP contribution in [0, 0.1) is 6.92 Å². The topological polar surface area (TPSA) is 26.0 Å². The molecule has 0 aliphatic carbocycles. The molecule has 0 unspecified atom stereocenters. The third kappa shape index (κ3) is 1.85. The van der Waals surface area contributed by atoms with E-state index in [2.05, 4.69) is 31.4 Å². The fraction of sp³-hybridized carbons (Fsp3) is 0.182. The highest BCUT2D eigenvalue weighted by Gasteiger charge is 1.96. The summed E-state index contributed by atoms with van der Waals surface area (Å²) < 4.78 is 0. The molecule has 0 aliphatic rings. The number of hydrogen-bond acceptors (Lipinski definition) is 1. The summed E-state index contributed by atoms with van der Waals surface area (Å²) >= 11 is 0. The van der Waals surface area contributed by atoms with Gasteiger partial charge in [0.2, 0.25) is 0 Å². The largest absolute Gasteiger partial charge is 0.326 e. The van der Waals surface area contributed by atoms with Crippen molar-refractivity contribution in [2.45, 2.75) is 6.92 Å². The zero-order chi connectivity index (χ0) is 8.97. The molecule has 1 aromatic rings. The molecule has 0 aliphatic heterocycles. The lowest BCUT2D eigenvalue weighted by Gasteiger charge is -2.01. The quantitative estimate of drug-likeness (QED) is 0.657. The molecule has 1 heteroatoms. The summed E-state index contributed by atoms with van der Waals surface area (Å²) in [6.07, 6.45) is 0. The van der Waals surface area contributed by atoms with E-state index in [9.17, 15) is 0 Å². The Bertz CT molecular complexity index is 302. The predicted octanol–water partition coefficient (Wildman–Crippen LogP) is 2.12. The van der Waals surface area contributed by atoms with Gasteiger partial charge in [0.1, 0.15) is 0 Å². The van der Waals surface area contributed by atoms with Crippen molar-refractivity contribution in [2.24, 2.45) is 5.73 Å². The van der Waals surface area contributed by atoms with Crippen molar-refractivity contribution >= 4 is 5.57 Å². The molecule has 0 saturated carbocycles. The highest BCUT2D eigenvalue weighted by molar-refractivity contribution is 5.65. The molecule has 62 valence electrons. The van der Waals surface area contributed by atoms with Crippen LogP contribution in [0.15, 0.2) is 36.6 Å². The fourth-order valence-corrected chi connectivity index (χ4v) is 1.05. The minimum absolute atomic E-state index is 0.493. The Morgan fingerprint density at radius 1 is 1.42 bits per heavy atom. The van der Waals surface area contributed by atoms with Crippen molar-refractivity contribution in [3.8, 4) is 0 Å². The van der Waals surface area contributed by atoms with E-state index in [0.29, 0.717) is 6.54 Å². The third-order valence-electron chi connectivity index (χ3n) is 1.82. The molecule has 0 fully saturated rings. The molecule has 1 aromatic carbocycles. The normalized spacial score (nSPS) is 9.17. The van der Waals surface area contributed by atoms with Gasteiger partial charge in [-0.1, -0.05) is 36.4 Å². The van der Waals surface area contributed by atoms with E-state index < -0.39 is 0 Å². The van der Waals surface area contributed by atoms with Crippen molar-refractivity contribution in [2.75, 3.05) is 6.54 Å². The molecule has 1 nitrogen and oxygen atoms in total. The van der Waals surface area contributed by atoms with Gasteiger partial charge >= 0.3 is 0 Å². The molecule has 0 atom stereocenters. The second-order valence-corrected chi connectivity index (χ2v) is 2.73. The van der Waals surface area contributed by atoms with Gasteiger partial charge in [0.05, 0.1) is 0 Å². The first-order valence-corrected chi connectivity index (χ1v) is 3.94. The van der Waals surface area contributed by atoms with Crippen LogP contribution < -0.4 is 5.73 Å². The lowest BCUT2D eigenvalue weighted by molar-refractivity contribution is 1.26. The average Bonchev–Trinajstić information content (AvgIpc) is 2.10. The van der Waals surface area contributed by atoms with Gasteiger partial charge in [0.25, 0.3) is 0 Å². The summed E-state index contributed by atoms with van der Waals surface area (Å²) in [4.78, 5) is 0. The number of rotatable bonds is 2. The highest BCUT2D eigenvalue weighted by atomic mass is 14.5. The van der Waals surface area contributed by atoms with E-state index in [4.69, 9.17) is 5.73 Å². The third-order valence-corrected chi connectivity index (χ3v) is 1.82. The first kappa shape index (κ1) is 8.79. The molecule has 0 saturated heterocycles. The second kappa shape index (κ2) is 3.91. The van der Waals surface area contributed by atoms with E-state index in [1.165, 1.54) is 5.56 Å². The molecule has 0 heterocycles. The molecular formula is C11H13N. The van der Waals surface area contributed by atoms with E-state index in [0.717, 1.165) is 11.1 Å². The zero-order valence-electron chi connectivity index (χ0n) is 7.30. The van der Waals surface area contributed by atoms with Gasteiger partial charge in [0.15, 0.2) is 0 Å². The lowest BCUT2D eigenvalue weighted by atomic mass is 10.1. The van der Waals surface area contributed by atoms with Crippen molar-refractivity contribution in [1.29, 1.82) is 0 Å². The summed E-state index contributed by atoms with van der Waals surface area (Å²) in [6, 6.07) is 8.19. The van der Waals surface area contributed by atoms with Gasteiger partial charge in [-0.2, -0.15) is 0 Å². The van der Waals surface area contributed by atoms with Crippen LogP contribution in [0.25, 0.3) is 5.57 Å². The highest BCUT2D eigenvalue weighted by Crippen LogP contribution is 2.11. The Morgan fingerprint density at radius 2 is 2.00 bits per heavy atom. The van der Waals surface area contributed by atoms with Gasteiger partial charge in [-0.3, -0.25) is 0 Å². The van der Waals surface area contributed by atoms with Crippen LogP contribution in [0.2, 0.25) is 0 Å². The van der Waals surface area contributed by atoms with Gasteiger partial charge in [-0.15, -0.1) is 5.73 Å². The molecule has 12 heavy (non-hydrogen) atoms.